The topological polar surface area (TPSA) is 48.1 Å². The van der Waals surface area contributed by atoms with E-state index in [1.807, 2.05) is 19.1 Å². The van der Waals surface area contributed by atoms with Crippen LogP contribution in [0, 0.1) is 6.92 Å². The van der Waals surface area contributed by atoms with Gasteiger partial charge in [-0.25, -0.2) is 4.98 Å². The lowest BCUT2D eigenvalue weighted by Crippen LogP contribution is -2.23. The normalized spacial score (nSPS) is 17.9. The molecule has 3 rings (SSSR count). The van der Waals surface area contributed by atoms with Crippen molar-refractivity contribution in [1.29, 1.82) is 0 Å². The maximum Gasteiger partial charge on any atom is 0.417 e. The van der Waals surface area contributed by atoms with Crippen molar-refractivity contribution >= 4 is 6.08 Å². The molecule has 1 aliphatic carbocycles. The standard InChI is InChI=1S/C20H21F3N2O/c1-13-2-8-18(11-15(13)10-14-3-6-17(24)7-4-14)26-19-9-5-16(12-25-19)20(21,22)23/h2,5,8-12,17H,3-4,6-7,24H2,1H3. The van der Waals surface area contributed by atoms with Gasteiger partial charge in [0.1, 0.15) is 5.75 Å². The molecule has 0 saturated heterocycles. The van der Waals surface area contributed by atoms with E-state index in [0.29, 0.717) is 5.75 Å². The van der Waals surface area contributed by atoms with Crippen molar-refractivity contribution in [3.8, 4) is 11.6 Å². The van der Waals surface area contributed by atoms with Crippen LogP contribution in [0.3, 0.4) is 0 Å². The van der Waals surface area contributed by atoms with Crippen LogP contribution in [0.4, 0.5) is 13.2 Å². The minimum atomic E-state index is -4.41. The van der Waals surface area contributed by atoms with E-state index < -0.39 is 11.7 Å². The summed E-state index contributed by atoms with van der Waals surface area (Å²) in [5, 5.41) is 0. The lowest BCUT2D eigenvalue weighted by molar-refractivity contribution is -0.137. The van der Waals surface area contributed by atoms with Gasteiger partial charge in [-0.3, -0.25) is 0 Å². The number of hydrogen-bond donors (Lipinski definition) is 1. The second kappa shape index (κ2) is 7.50. The first-order chi connectivity index (χ1) is 12.3. The summed E-state index contributed by atoms with van der Waals surface area (Å²) in [7, 11) is 0. The lowest BCUT2D eigenvalue weighted by Gasteiger charge is -2.20. The molecule has 138 valence electrons. The van der Waals surface area contributed by atoms with Crippen molar-refractivity contribution in [2.45, 2.75) is 44.8 Å². The van der Waals surface area contributed by atoms with Crippen molar-refractivity contribution in [2.75, 3.05) is 0 Å². The van der Waals surface area contributed by atoms with Gasteiger partial charge >= 0.3 is 6.18 Å². The number of alkyl halides is 3. The molecule has 1 fully saturated rings. The molecule has 0 radical (unpaired) electrons. The average Bonchev–Trinajstić information content (AvgIpc) is 2.59. The van der Waals surface area contributed by atoms with Crippen LogP contribution in [0.1, 0.15) is 42.4 Å². The summed E-state index contributed by atoms with van der Waals surface area (Å²) < 4.78 is 43.4. The maximum absolute atomic E-state index is 12.6. The zero-order chi connectivity index (χ0) is 18.7. The van der Waals surface area contributed by atoms with Crippen LogP contribution < -0.4 is 10.5 Å². The monoisotopic (exact) mass is 362 g/mol. The van der Waals surface area contributed by atoms with Gasteiger partial charge in [0.15, 0.2) is 0 Å². The number of nitrogens with zero attached hydrogens (tertiary/aromatic N) is 1. The van der Waals surface area contributed by atoms with Gasteiger partial charge in [0.2, 0.25) is 5.88 Å². The minimum absolute atomic E-state index is 0.129. The van der Waals surface area contributed by atoms with Gasteiger partial charge in [0, 0.05) is 18.3 Å². The molecule has 2 aromatic rings. The zero-order valence-corrected chi connectivity index (χ0v) is 14.5. The Morgan fingerprint density at radius 1 is 1.15 bits per heavy atom. The molecule has 0 atom stereocenters. The molecule has 6 heteroatoms. The lowest BCUT2D eigenvalue weighted by atomic mass is 9.89. The van der Waals surface area contributed by atoms with Crippen LogP contribution in [-0.4, -0.2) is 11.0 Å². The van der Waals surface area contributed by atoms with Gasteiger partial charge in [-0.1, -0.05) is 17.7 Å². The van der Waals surface area contributed by atoms with Crippen LogP contribution in [0.25, 0.3) is 6.08 Å². The molecular weight excluding hydrogens is 341 g/mol. The van der Waals surface area contributed by atoms with Gasteiger partial charge in [0.25, 0.3) is 0 Å². The number of rotatable bonds is 3. The number of pyridine rings is 1. The number of allylic oxidation sites excluding steroid dienone is 1. The number of benzene rings is 1. The molecule has 1 aliphatic rings. The molecular formula is C20H21F3N2O. The first kappa shape index (κ1) is 18.5. The molecule has 3 nitrogen and oxygen atoms in total. The fourth-order valence-corrected chi connectivity index (χ4v) is 2.94. The van der Waals surface area contributed by atoms with Crippen LogP contribution in [0.2, 0.25) is 0 Å². The molecule has 0 unspecified atom stereocenters. The molecule has 0 amide bonds. The molecule has 2 N–H and O–H groups in total. The third kappa shape index (κ3) is 4.64. The summed E-state index contributed by atoms with van der Waals surface area (Å²) in [5.74, 6) is 0.673. The van der Waals surface area contributed by atoms with Crippen molar-refractivity contribution < 1.29 is 17.9 Å². The summed E-state index contributed by atoms with van der Waals surface area (Å²) in [6.07, 6.45) is 2.51. The summed E-state index contributed by atoms with van der Waals surface area (Å²) in [6, 6.07) is 8.08. The van der Waals surface area contributed by atoms with E-state index in [-0.39, 0.29) is 11.9 Å². The number of hydrogen-bond acceptors (Lipinski definition) is 3. The number of aromatic nitrogens is 1. The molecule has 1 heterocycles. The highest BCUT2D eigenvalue weighted by Gasteiger charge is 2.30. The van der Waals surface area contributed by atoms with E-state index in [4.69, 9.17) is 10.5 Å². The fourth-order valence-electron chi connectivity index (χ4n) is 2.94. The van der Waals surface area contributed by atoms with Crippen LogP contribution in [-0.2, 0) is 6.18 Å². The average molecular weight is 362 g/mol. The van der Waals surface area contributed by atoms with Gasteiger partial charge in [-0.15, -0.1) is 0 Å². The molecule has 1 aromatic carbocycles. The Balaban J connectivity index is 1.76. The Kier molecular flexibility index (Phi) is 5.32. The van der Waals surface area contributed by atoms with Gasteiger partial charge < -0.3 is 10.5 Å². The molecule has 0 aliphatic heterocycles. The largest absolute Gasteiger partial charge is 0.439 e. The van der Waals surface area contributed by atoms with E-state index >= 15 is 0 Å². The van der Waals surface area contributed by atoms with Crippen LogP contribution in [0.15, 0.2) is 42.1 Å². The van der Waals surface area contributed by atoms with Crippen molar-refractivity contribution in [1.82, 2.24) is 4.98 Å². The summed E-state index contributed by atoms with van der Waals surface area (Å²) in [4.78, 5) is 3.75. The van der Waals surface area contributed by atoms with Crippen molar-refractivity contribution in [2.24, 2.45) is 5.73 Å². The van der Waals surface area contributed by atoms with Crippen LogP contribution in [0.5, 0.6) is 11.6 Å². The van der Waals surface area contributed by atoms with Gasteiger partial charge in [0.05, 0.1) is 5.56 Å². The van der Waals surface area contributed by atoms with Crippen molar-refractivity contribution in [3.05, 3.63) is 58.8 Å². The quantitative estimate of drug-likeness (QED) is 0.786. The second-order valence-corrected chi connectivity index (χ2v) is 6.64. The third-order valence-electron chi connectivity index (χ3n) is 4.57. The van der Waals surface area contributed by atoms with E-state index in [0.717, 1.165) is 49.1 Å². The molecule has 0 bridgehead atoms. The molecule has 26 heavy (non-hydrogen) atoms. The van der Waals surface area contributed by atoms with E-state index in [1.54, 1.807) is 6.07 Å². The number of ether oxygens (including phenoxy) is 1. The SMILES string of the molecule is Cc1ccc(Oc2ccc(C(F)(F)F)cn2)cc1C=C1CCC(N)CC1. The second-order valence-electron chi connectivity index (χ2n) is 6.64. The predicted octanol–water partition coefficient (Wildman–Crippen LogP) is 5.49. The molecule has 1 saturated carbocycles. The number of nitrogens with two attached hydrogens (primary N) is 1. The van der Waals surface area contributed by atoms with Gasteiger partial charge in [-0.2, -0.15) is 13.2 Å². The minimum Gasteiger partial charge on any atom is -0.439 e. The van der Waals surface area contributed by atoms with E-state index in [1.165, 1.54) is 11.6 Å². The smallest absolute Gasteiger partial charge is 0.417 e. The van der Waals surface area contributed by atoms with Crippen LogP contribution >= 0.6 is 0 Å². The Morgan fingerprint density at radius 3 is 2.50 bits per heavy atom. The zero-order valence-electron chi connectivity index (χ0n) is 14.5. The van der Waals surface area contributed by atoms with E-state index in [9.17, 15) is 13.2 Å². The Bertz CT molecular complexity index is 788. The highest BCUT2D eigenvalue weighted by Crippen LogP contribution is 2.31. The first-order valence-corrected chi connectivity index (χ1v) is 8.58. The molecule has 1 aromatic heterocycles. The predicted molar refractivity (Wildman–Crippen MR) is 94.9 cm³/mol. The Hall–Kier alpha value is -2.34. The van der Waals surface area contributed by atoms with E-state index in [2.05, 4.69) is 11.1 Å². The highest BCUT2D eigenvalue weighted by molar-refractivity contribution is 5.59. The number of halogens is 3. The summed E-state index contributed by atoms with van der Waals surface area (Å²) in [5.41, 5.74) is 8.66. The Labute approximate surface area is 150 Å². The summed E-state index contributed by atoms with van der Waals surface area (Å²) in [6.45, 7) is 2.01. The Morgan fingerprint density at radius 2 is 1.88 bits per heavy atom. The molecule has 0 spiro atoms. The van der Waals surface area contributed by atoms with Gasteiger partial charge in [-0.05, 0) is 61.9 Å². The van der Waals surface area contributed by atoms with Crippen molar-refractivity contribution in [3.63, 3.8) is 0 Å². The highest BCUT2D eigenvalue weighted by atomic mass is 19.4. The first-order valence-electron chi connectivity index (χ1n) is 8.58. The fraction of sp³-hybridized carbons (Fsp3) is 0.350. The number of aryl methyl sites for hydroxylation is 1. The maximum atomic E-state index is 12.6. The summed E-state index contributed by atoms with van der Waals surface area (Å²) >= 11 is 0. The third-order valence-corrected chi connectivity index (χ3v) is 4.57.